The molecule has 0 spiro atoms. The molecule has 2 aromatic rings. The topological polar surface area (TPSA) is 20.2 Å². The molecular weight excluding hydrogens is 305 g/mol. The second-order valence-corrected chi connectivity index (χ2v) is 5.35. The number of hydrogen-bond donors (Lipinski definition) is 1. The third kappa shape index (κ3) is 3.92. The van der Waals surface area contributed by atoms with E-state index < -0.39 is 17.7 Å². The smallest absolute Gasteiger partial charge is 0.126 e. The largest absolute Gasteiger partial charge is 0.392 e. The molecule has 0 aliphatic carbocycles. The van der Waals surface area contributed by atoms with Crippen molar-refractivity contribution in [1.82, 2.24) is 0 Å². The van der Waals surface area contributed by atoms with Crippen LogP contribution in [0.2, 0.25) is 10.0 Å². The number of benzene rings is 2. The van der Waals surface area contributed by atoms with Gasteiger partial charge in [-0.3, -0.25) is 0 Å². The predicted octanol–water partition coefficient (Wildman–Crippen LogP) is 4.42. The summed E-state index contributed by atoms with van der Waals surface area (Å²) in [6.45, 7) is 0. The molecule has 2 rings (SSSR count). The monoisotopic (exact) mass is 316 g/mol. The summed E-state index contributed by atoms with van der Waals surface area (Å²) in [6, 6.07) is 8.25. The first-order valence-electron chi connectivity index (χ1n) is 6.01. The molecule has 1 nitrogen and oxygen atoms in total. The zero-order valence-corrected chi connectivity index (χ0v) is 11.9. The van der Waals surface area contributed by atoms with E-state index in [0.29, 0.717) is 21.2 Å². The first kappa shape index (κ1) is 15.2. The Balaban J connectivity index is 2.11. The van der Waals surface area contributed by atoms with E-state index in [-0.39, 0.29) is 12.8 Å². The van der Waals surface area contributed by atoms with Crippen LogP contribution in [0.25, 0.3) is 0 Å². The highest BCUT2D eigenvalue weighted by Gasteiger charge is 2.13. The molecule has 1 unspecified atom stereocenters. The molecule has 0 fully saturated rings. The summed E-state index contributed by atoms with van der Waals surface area (Å²) < 4.78 is 26.1. The highest BCUT2D eigenvalue weighted by Crippen LogP contribution is 2.26. The molecule has 1 atom stereocenters. The van der Waals surface area contributed by atoms with Crippen molar-refractivity contribution in [3.63, 3.8) is 0 Å². The van der Waals surface area contributed by atoms with Crippen LogP contribution >= 0.6 is 23.2 Å². The molecule has 0 radical (unpaired) electrons. The molecule has 1 N–H and O–H groups in total. The highest BCUT2D eigenvalue weighted by atomic mass is 35.5. The normalized spacial score (nSPS) is 12.4. The van der Waals surface area contributed by atoms with Gasteiger partial charge in [0.25, 0.3) is 0 Å². The number of aliphatic hydroxyl groups is 1. The first-order valence-corrected chi connectivity index (χ1v) is 6.77. The Morgan fingerprint density at radius 3 is 2.05 bits per heavy atom. The van der Waals surface area contributed by atoms with E-state index in [9.17, 15) is 13.9 Å². The van der Waals surface area contributed by atoms with Crippen LogP contribution in [0.15, 0.2) is 36.4 Å². The van der Waals surface area contributed by atoms with E-state index in [4.69, 9.17) is 23.2 Å². The molecule has 0 bridgehead atoms. The van der Waals surface area contributed by atoms with Crippen LogP contribution in [0, 0.1) is 11.6 Å². The summed E-state index contributed by atoms with van der Waals surface area (Å²) in [4.78, 5) is 0. The van der Waals surface area contributed by atoms with Crippen molar-refractivity contribution in [2.24, 2.45) is 0 Å². The number of halogens is 4. The van der Waals surface area contributed by atoms with Gasteiger partial charge in [-0.15, -0.1) is 0 Å². The van der Waals surface area contributed by atoms with Crippen molar-refractivity contribution in [2.75, 3.05) is 0 Å². The maximum absolute atomic E-state index is 13.1. The molecule has 0 saturated carbocycles. The van der Waals surface area contributed by atoms with E-state index in [1.165, 1.54) is 12.1 Å². The summed E-state index contributed by atoms with van der Waals surface area (Å²) in [6.07, 6.45) is -0.485. The van der Waals surface area contributed by atoms with E-state index in [2.05, 4.69) is 0 Å². The quantitative estimate of drug-likeness (QED) is 0.885. The van der Waals surface area contributed by atoms with Crippen LogP contribution < -0.4 is 0 Å². The van der Waals surface area contributed by atoms with Crippen molar-refractivity contribution >= 4 is 23.2 Å². The average molecular weight is 317 g/mol. The summed E-state index contributed by atoms with van der Waals surface area (Å²) in [5.41, 5.74) is 1.01. The van der Waals surface area contributed by atoms with E-state index in [1.54, 1.807) is 18.2 Å². The van der Waals surface area contributed by atoms with Gasteiger partial charge in [0.05, 0.1) is 6.10 Å². The zero-order chi connectivity index (χ0) is 14.7. The van der Waals surface area contributed by atoms with Crippen LogP contribution in [0.1, 0.15) is 11.1 Å². The molecule has 0 aliphatic heterocycles. The highest BCUT2D eigenvalue weighted by molar-refractivity contribution is 6.35. The van der Waals surface area contributed by atoms with Crippen LogP contribution in [0.4, 0.5) is 8.78 Å². The van der Waals surface area contributed by atoms with Gasteiger partial charge >= 0.3 is 0 Å². The molecule has 2 aromatic carbocycles. The minimum Gasteiger partial charge on any atom is -0.392 e. The van der Waals surface area contributed by atoms with E-state index >= 15 is 0 Å². The number of hydrogen-bond acceptors (Lipinski definition) is 1. The van der Waals surface area contributed by atoms with E-state index in [0.717, 1.165) is 6.07 Å². The lowest BCUT2D eigenvalue weighted by Gasteiger charge is -2.13. The minimum absolute atomic E-state index is 0.121. The Morgan fingerprint density at radius 1 is 0.950 bits per heavy atom. The van der Waals surface area contributed by atoms with Crippen LogP contribution in [-0.2, 0) is 12.8 Å². The van der Waals surface area contributed by atoms with Gasteiger partial charge in [-0.2, -0.15) is 0 Å². The van der Waals surface area contributed by atoms with Crippen LogP contribution in [0.5, 0.6) is 0 Å². The first-order chi connectivity index (χ1) is 9.45. The van der Waals surface area contributed by atoms with Gasteiger partial charge in [0.1, 0.15) is 11.6 Å². The van der Waals surface area contributed by atoms with Crippen molar-refractivity contribution in [2.45, 2.75) is 18.9 Å². The fourth-order valence-electron chi connectivity index (χ4n) is 2.04. The molecule has 0 saturated heterocycles. The lowest BCUT2D eigenvalue weighted by atomic mass is 10.0. The maximum atomic E-state index is 13.1. The van der Waals surface area contributed by atoms with Gasteiger partial charge in [0, 0.05) is 22.5 Å². The minimum atomic E-state index is -0.825. The second kappa shape index (κ2) is 6.53. The molecule has 0 aliphatic rings. The Hall–Kier alpha value is -1.16. The van der Waals surface area contributed by atoms with Gasteiger partial charge in [-0.1, -0.05) is 29.3 Å². The number of aliphatic hydroxyl groups excluding tert-OH is 1. The Bertz CT molecular complexity index is 576. The molecular formula is C15H12Cl2F2O. The lowest BCUT2D eigenvalue weighted by molar-refractivity contribution is 0.175. The summed E-state index contributed by atoms with van der Waals surface area (Å²) >= 11 is 12.0. The van der Waals surface area contributed by atoms with Crippen molar-refractivity contribution in [3.8, 4) is 0 Å². The van der Waals surface area contributed by atoms with Gasteiger partial charge in [0.15, 0.2) is 0 Å². The maximum Gasteiger partial charge on any atom is 0.126 e. The molecule has 0 aromatic heterocycles. The molecule has 106 valence electrons. The van der Waals surface area contributed by atoms with Crippen molar-refractivity contribution < 1.29 is 13.9 Å². The summed E-state index contributed by atoms with van der Waals surface area (Å²) in [7, 11) is 0. The SMILES string of the molecule is OC(Cc1cc(F)cc(F)c1)Cc1c(Cl)cccc1Cl. The Labute approximate surface area is 125 Å². The lowest BCUT2D eigenvalue weighted by Crippen LogP contribution is -2.15. The zero-order valence-electron chi connectivity index (χ0n) is 10.4. The van der Waals surface area contributed by atoms with Crippen LogP contribution in [-0.4, -0.2) is 11.2 Å². The second-order valence-electron chi connectivity index (χ2n) is 4.54. The van der Waals surface area contributed by atoms with Gasteiger partial charge in [-0.05, 0) is 41.8 Å². The van der Waals surface area contributed by atoms with Crippen molar-refractivity contribution in [3.05, 3.63) is 69.2 Å². The van der Waals surface area contributed by atoms with Gasteiger partial charge in [0.2, 0.25) is 0 Å². The predicted molar refractivity (Wildman–Crippen MR) is 76.2 cm³/mol. The fourth-order valence-corrected chi connectivity index (χ4v) is 2.59. The summed E-state index contributed by atoms with van der Waals surface area (Å²) in [5, 5.41) is 10.9. The molecule has 0 amide bonds. The molecule has 0 heterocycles. The van der Waals surface area contributed by atoms with Crippen LogP contribution in [0.3, 0.4) is 0 Å². The fraction of sp³-hybridized carbons (Fsp3) is 0.200. The van der Waals surface area contributed by atoms with Gasteiger partial charge in [-0.25, -0.2) is 8.78 Å². The Kier molecular flexibility index (Phi) is 4.97. The standard InChI is InChI=1S/C15H12Cl2F2O/c16-14-2-1-3-15(17)13(14)8-12(20)6-9-4-10(18)7-11(19)5-9/h1-5,7,12,20H,6,8H2. The van der Waals surface area contributed by atoms with Gasteiger partial charge < -0.3 is 5.11 Å². The average Bonchev–Trinajstić information content (AvgIpc) is 2.32. The number of rotatable bonds is 4. The molecule has 5 heteroatoms. The third-order valence-electron chi connectivity index (χ3n) is 2.90. The molecule has 20 heavy (non-hydrogen) atoms. The Morgan fingerprint density at radius 2 is 1.50 bits per heavy atom. The summed E-state index contributed by atoms with van der Waals surface area (Å²) in [5.74, 6) is -1.33. The van der Waals surface area contributed by atoms with E-state index in [1.807, 2.05) is 0 Å². The third-order valence-corrected chi connectivity index (χ3v) is 3.60. The van der Waals surface area contributed by atoms with Crippen molar-refractivity contribution in [1.29, 1.82) is 0 Å².